The van der Waals surface area contributed by atoms with E-state index >= 15 is 0 Å². The number of hydrogen-bond acceptors (Lipinski definition) is 8. The van der Waals surface area contributed by atoms with E-state index in [1.807, 2.05) is 0 Å². The Morgan fingerprint density at radius 3 is 2.59 bits per heavy atom. The fraction of sp³-hybridized carbons (Fsp3) is 0.429. The van der Waals surface area contributed by atoms with Crippen LogP contribution in [-0.2, 0) is 24.5 Å². The molecule has 2 saturated heterocycles. The van der Waals surface area contributed by atoms with E-state index in [-0.39, 0.29) is 24.3 Å². The summed E-state index contributed by atoms with van der Waals surface area (Å²) in [6.07, 6.45) is 2.55. The fourth-order valence-corrected chi connectivity index (χ4v) is 5.17. The summed E-state index contributed by atoms with van der Waals surface area (Å²) >= 11 is 0. The van der Waals surface area contributed by atoms with Gasteiger partial charge in [0.15, 0.2) is 17.3 Å². The first-order chi connectivity index (χ1) is 13.9. The van der Waals surface area contributed by atoms with Gasteiger partial charge in [0.05, 0.1) is 33.4 Å². The lowest BCUT2D eigenvalue weighted by Gasteiger charge is -2.42. The molecule has 4 atom stereocenters. The number of ketones is 1. The van der Waals surface area contributed by atoms with Gasteiger partial charge < -0.3 is 28.8 Å². The zero-order chi connectivity index (χ0) is 20.5. The minimum absolute atomic E-state index is 0.148. The number of cyclic esters (lactones) is 1. The van der Waals surface area contributed by atoms with E-state index < -0.39 is 23.2 Å². The van der Waals surface area contributed by atoms with Gasteiger partial charge in [0, 0.05) is 23.1 Å². The maximum Gasteiger partial charge on any atom is 0.313 e. The van der Waals surface area contributed by atoms with Gasteiger partial charge in [-0.05, 0) is 18.6 Å². The van der Waals surface area contributed by atoms with Crippen LogP contribution in [0.15, 0.2) is 29.7 Å². The van der Waals surface area contributed by atoms with Crippen LogP contribution in [0.25, 0.3) is 0 Å². The molecule has 1 spiro atoms. The van der Waals surface area contributed by atoms with E-state index in [1.165, 1.54) is 33.5 Å². The Balaban J connectivity index is 1.89. The van der Waals surface area contributed by atoms with Crippen LogP contribution in [0, 0.1) is 11.8 Å². The lowest BCUT2D eigenvalue weighted by atomic mass is 9.68. The summed E-state index contributed by atoms with van der Waals surface area (Å²) in [6, 6.07) is 1.77. The second-order valence-corrected chi connectivity index (χ2v) is 7.64. The topological polar surface area (TPSA) is 101 Å². The number of aliphatic hydroxyl groups excluding tert-OH is 1. The van der Waals surface area contributed by atoms with Crippen LogP contribution >= 0.6 is 0 Å². The summed E-state index contributed by atoms with van der Waals surface area (Å²) in [4.78, 5) is 24.8. The first kappa shape index (κ1) is 17.9. The third-order valence-electron chi connectivity index (χ3n) is 6.33. The number of allylic oxidation sites excluding steroid dienone is 2. The number of benzene rings is 1. The highest BCUT2D eigenvalue weighted by atomic mass is 16.6. The first-order valence-electron chi connectivity index (χ1n) is 9.30. The molecule has 1 N–H and O–H groups in total. The number of methoxy groups -OCH3 is 3. The Bertz CT molecular complexity index is 1010. The summed E-state index contributed by atoms with van der Waals surface area (Å²) in [7, 11) is 4.54. The van der Waals surface area contributed by atoms with Crippen LogP contribution < -0.4 is 14.2 Å². The zero-order valence-corrected chi connectivity index (χ0v) is 16.2. The van der Waals surface area contributed by atoms with Gasteiger partial charge in [0.1, 0.15) is 17.8 Å². The Labute approximate surface area is 166 Å². The fourth-order valence-electron chi connectivity index (χ4n) is 5.17. The summed E-state index contributed by atoms with van der Waals surface area (Å²) in [6.45, 7) is 0.255. The van der Waals surface area contributed by atoms with Crippen molar-refractivity contribution < 1.29 is 38.4 Å². The number of rotatable bonds is 3. The van der Waals surface area contributed by atoms with Crippen molar-refractivity contribution in [2.75, 3.05) is 27.9 Å². The van der Waals surface area contributed by atoms with Gasteiger partial charge in [-0.25, -0.2) is 0 Å². The normalized spacial score (nSPS) is 31.3. The van der Waals surface area contributed by atoms with Crippen molar-refractivity contribution >= 4 is 11.8 Å². The molecule has 152 valence electrons. The van der Waals surface area contributed by atoms with Gasteiger partial charge in [-0.3, -0.25) is 9.59 Å². The number of carbonyl (C=O) groups excluding carboxylic acids is 2. The van der Waals surface area contributed by atoms with Crippen LogP contribution in [-0.4, -0.2) is 44.8 Å². The van der Waals surface area contributed by atoms with Gasteiger partial charge in [0.25, 0.3) is 0 Å². The summed E-state index contributed by atoms with van der Waals surface area (Å²) in [5, 5.41) is 10.3. The van der Waals surface area contributed by atoms with Crippen LogP contribution in [0.2, 0.25) is 0 Å². The van der Waals surface area contributed by atoms with Gasteiger partial charge in [-0.15, -0.1) is 0 Å². The van der Waals surface area contributed by atoms with Crippen molar-refractivity contribution in [3.8, 4) is 17.2 Å². The van der Waals surface area contributed by atoms with Crippen LogP contribution in [0.1, 0.15) is 23.7 Å². The number of aliphatic hydroxyl groups is 1. The highest BCUT2D eigenvalue weighted by Gasteiger charge is 2.60. The van der Waals surface area contributed by atoms with E-state index in [2.05, 4.69) is 0 Å². The highest BCUT2D eigenvalue weighted by molar-refractivity contribution is 6.04. The molecule has 1 aromatic rings. The van der Waals surface area contributed by atoms with Gasteiger partial charge in [0.2, 0.25) is 11.5 Å². The second kappa shape index (κ2) is 5.92. The molecule has 5 aliphatic rings. The number of esters is 1. The molecule has 2 fully saturated rings. The number of carbonyl (C=O) groups is 2. The van der Waals surface area contributed by atoms with Crippen molar-refractivity contribution in [1.29, 1.82) is 0 Å². The minimum Gasteiger partial charge on any atom is -0.504 e. The minimum atomic E-state index is -0.984. The standard InChI is InChI=1S/C21H20O8/c1-25-13-4-10-16(19(27-3)18(13)26-2)21-6-9-8-28-20(24)15(9)17(10)29-14(21)5-11(22)12(23)7-21/h4-5,7,9,15,17,23H,6,8H2,1-3H3/t9-,15-,17+,21+/m0/s1. The Hall–Kier alpha value is -3.16. The van der Waals surface area contributed by atoms with E-state index in [9.17, 15) is 14.7 Å². The van der Waals surface area contributed by atoms with E-state index in [4.69, 9.17) is 23.7 Å². The van der Waals surface area contributed by atoms with Crippen LogP contribution in [0.3, 0.4) is 0 Å². The van der Waals surface area contributed by atoms with Crippen molar-refractivity contribution in [2.24, 2.45) is 11.8 Å². The average Bonchev–Trinajstić information content (AvgIpc) is 2.94. The maximum atomic E-state index is 12.6. The molecule has 0 amide bonds. The van der Waals surface area contributed by atoms with Gasteiger partial charge >= 0.3 is 5.97 Å². The third kappa shape index (κ3) is 2.14. The van der Waals surface area contributed by atoms with E-state index in [0.717, 1.165) is 0 Å². The molecular formula is C21H20O8. The van der Waals surface area contributed by atoms with Crippen molar-refractivity contribution in [3.05, 3.63) is 40.9 Å². The zero-order valence-electron chi connectivity index (χ0n) is 16.2. The Kier molecular flexibility index (Phi) is 3.65. The molecule has 6 rings (SSSR count). The maximum absolute atomic E-state index is 12.6. The molecule has 3 aliphatic heterocycles. The lowest BCUT2D eigenvalue weighted by molar-refractivity contribution is -0.144. The molecule has 0 saturated carbocycles. The summed E-state index contributed by atoms with van der Waals surface area (Å²) in [5.41, 5.74) is 0.421. The number of hydrogen-bond donors (Lipinski definition) is 1. The molecule has 3 heterocycles. The smallest absolute Gasteiger partial charge is 0.313 e. The van der Waals surface area contributed by atoms with E-state index in [1.54, 1.807) is 6.07 Å². The monoisotopic (exact) mass is 400 g/mol. The van der Waals surface area contributed by atoms with Gasteiger partial charge in [-0.2, -0.15) is 0 Å². The molecule has 1 aromatic carbocycles. The summed E-state index contributed by atoms with van der Waals surface area (Å²) in [5.74, 6) is -0.280. The largest absolute Gasteiger partial charge is 0.504 e. The molecular weight excluding hydrogens is 380 g/mol. The van der Waals surface area contributed by atoms with Crippen molar-refractivity contribution in [1.82, 2.24) is 0 Å². The molecule has 0 radical (unpaired) electrons. The Morgan fingerprint density at radius 2 is 1.90 bits per heavy atom. The quantitative estimate of drug-likeness (QED) is 0.770. The SMILES string of the molecule is COc1cc2c(c(OC)c1OC)[C@]13C=C(O)C(=O)C=C1O[C@H]2[C@H]1C(=O)OC[C@@H]1C3. The highest BCUT2D eigenvalue weighted by Crippen LogP contribution is 2.63. The lowest BCUT2D eigenvalue weighted by Crippen LogP contribution is -2.37. The Morgan fingerprint density at radius 1 is 1.14 bits per heavy atom. The predicted molar refractivity (Wildman–Crippen MR) is 98.0 cm³/mol. The molecule has 0 unspecified atom stereocenters. The van der Waals surface area contributed by atoms with Crippen molar-refractivity contribution in [3.63, 3.8) is 0 Å². The predicted octanol–water partition coefficient (Wildman–Crippen LogP) is 2.12. The van der Waals surface area contributed by atoms with Crippen LogP contribution in [0.4, 0.5) is 0 Å². The number of ether oxygens (including phenoxy) is 5. The molecule has 29 heavy (non-hydrogen) atoms. The second-order valence-electron chi connectivity index (χ2n) is 7.64. The van der Waals surface area contributed by atoms with Crippen LogP contribution in [0.5, 0.6) is 17.2 Å². The molecule has 2 bridgehead atoms. The third-order valence-corrected chi connectivity index (χ3v) is 6.33. The average molecular weight is 400 g/mol. The molecule has 2 aliphatic carbocycles. The van der Waals surface area contributed by atoms with Gasteiger partial charge in [-0.1, -0.05) is 0 Å². The molecule has 8 nitrogen and oxygen atoms in total. The van der Waals surface area contributed by atoms with Crippen molar-refractivity contribution in [2.45, 2.75) is 17.9 Å². The summed E-state index contributed by atoms with van der Waals surface area (Å²) < 4.78 is 28.4. The van der Waals surface area contributed by atoms with E-state index in [0.29, 0.717) is 40.6 Å². The molecule has 0 aromatic heterocycles. The molecule has 8 heteroatoms. The first-order valence-corrected chi connectivity index (χ1v) is 9.30.